The first-order valence-electron chi connectivity index (χ1n) is 9.87. The summed E-state index contributed by atoms with van der Waals surface area (Å²) in [6.45, 7) is 3.63. The molecule has 1 aromatic heterocycles. The molecule has 0 amide bonds. The molecule has 2 nitrogen and oxygen atoms in total. The van der Waals surface area contributed by atoms with Gasteiger partial charge in [-0.25, -0.2) is 0 Å². The molecule has 1 aliphatic heterocycles. The Bertz CT molecular complexity index is 768. The standard InChI is InChI=1S/C22H28N2/c1-3-15-16-8-6-10-20-21(16)17(11-12-24(20)2)18-13-14-7-4-5-9-19(14)23-22(15)18/h4-5,7,9,13,15-17,20-21H,3,6,8,10-12H2,1-2H3/t15-,16-,17+,20-,21+/m1/s1. The van der Waals surface area contributed by atoms with Gasteiger partial charge in [0.15, 0.2) is 0 Å². The van der Waals surface area contributed by atoms with Gasteiger partial charge in [-0.05, 0) is 74.7 Å². The average Bonchev–Trinajstić information content (AvgIpc) is 2.62. The average molecular weight is 320 g/mol. The SMILES string of the molecule is CC[C@H]1c2nc3ccccc3cc2[C@@H]2CCN(C)[C@@H]3CCC[C@H]1[C@H]32. The maximum Gasteiger partial charge on any atom is 0.0705 e. The summed E-state index contributed by atoms with van der Waals surface area (Å²) in [6, 6.07) is 12.0. The number of piperidine rings is 1. The molecule has 1 saturated carbocycles. The minimum atomic E-state index is 0.667. The van der Waals surface area contributed by atoms with Crippen LogP contribution >= 0.6 is 0 Å². The Morgan fingerprint density at radius 3 is 2.92 bits per heavy atom. The van der Waals surface area contributed by atoms with E-state index in [0.717, 1.165) is 23.8 Å². The monoisotopic (exact) mass is 320 g/mol. The van der Waals surface area contributed by atoms with Crippen LogP contribution in [0.4, 0.5) is 0 Å². The third-order valence-electron chi connectivity index (χ3n) is 7.29. The fourth-order valence-electron chi connectivity index (χ4n) is 6.29. The van der Waals surface area contributed by atoms with Gasteiger partial charge < -0.3 is 4.90 Å². The number of nitrogens with zero attached hydrogens (tertiary/aromatic N) is 2. The number of pyridine rings is 1. The second kappa shape index (κ2) is 5.56. The molecule has 0 radical (unpaired) electrons. The van der Waals surface area contributed by atoms with Gasteiger partial charge in [0.25, 0.3) is 0 Å². The molecule has 0 N–H and O–H groups in total. The lowest BCUT2D eigenvalue weighted by atomic mass is 9.56. The van der Waals surface area contributed by atoms with Gasteiger partial charge in [0.1, 0.15) is 0 Å². The van der Waals surface area contributed by atoms with Gasteiger partial charge in [-0.2, -0.15) is 0 Å². The Hall–Kier alpha value is -1.41. The Morgan fingerprint density at radius 1 is 1.17 bits per heavy atom. The number of para-hydroxylation sites is 1. The van der Waals surface area contributed by atoms with E-state index < -0.39 is 0 Å². The van der Waals surface area contributed by atoms with Crippen molar-refractivity contribution in [1.82, 2.24) is 9.88 Å². The molecule has 2 heterocycles. The van der Waals surface area contributed by atoms with Crippen LogP contribution in [0, 0.1) is 11.8 Å². The highest BCUT2D eigenvalue weighted by atomic mass is 15.1. The van der Waals surface area contributed by atoms with Crippen molar-refractivity contribution in [3.63, 3.8) is 0 Å². The van der Waals surface area contributed by atoms with Crippen LogP contribution in [0.3, 0.4) is 0 Å². The van der Waals surface area contributed by atoms with E-state index in [1.165, 1.54) is 55.2 Å². The predicted molar refractivity (Wildman–Crippen MR) is 99.4 cm³/mol. The van der Waals surface area contributed by atoms with Gasteiger partial charge in [0.05, 0.1) is 5.52 Å². The molecule has 3 aliphatic rings. The number of hydrogen-bond acceptors (Lipinski definition) is 2. The van der Waals surface area contributed by atoms with Gasteiger partial charge in [0, 0.05) is 23.0 Å². The van der Waals surface area contributed by atoms with Crippen LogP contribution in [-0.4, -0.2) is 29.5 Å². The summed E-state index contributed by atoms with van der Waals surface area (Å²) in [5.41, 5.74) is 4.24. The summed E-state index contributed by atoms with van der Waals surface area (Å²) in [5.74, 6) is 3.12. The lowest BCUT2D eigenvalue weighted by Crippen LogP contribution is -2.54. The van der Waals surface area contributed by atoms with E-state index in [0.29, 0.717) is 5.92 Å². The molecule has 0 bridgehead atoms. The van der Waals surface area contributed by atoms with E-state index in [4.69, 9.17) is 4.98 Å². The van der Waals surface area contributed by atoms with Crippen molar-refractivity contribution >= 4 is 10.9 Å². The van der Waals surface area contributed by atoms with Crippen LogP contribution < -0.4 is 0 Å². The summed E-state index contributed by atoms with van der Waals surface area (Å²) < 4.78 is 0. The van der Waals surface area contributed by atoms with E-state index in [2.05, 4.69) is 49.2 Å². The minimum Gasteiger partial charge on any atom is -0.303 e. The molecule has 1 saturated heterocycles. The summed E-state index contributed by atoms with van der Waals surface area (Å²) >= 11 is 0. The molecule has 126 valence electrons. The van der Waals surface area contributed by atoms with E-state index in [1.54, 1.807) is 5.56 Å². The van der Waals surface area contributed by atoms with Crippen molar-refractivity contribution in [1.29, 1.82) is 0 Å². The third-order valence-corrected chi connectivity index (χ3v) is 7.29. The van der Waals surface area contributed by atoms with E-state index in [1.807, 2.05) is 0 Å². The molecule has 1 aromatic carbocycles. The zero-order valence-corrected chi connectivity index (χ0v) is 14.9. The molecule has 24 heavy (non-hydrogen) atoms. The smallest absolute Gasteiger partial charge is 0.0705 e. The number of benzene rings is 1. The highest BCUT2D eigenvalue weighted by molar-refractivity contribution is 5.80. The normalized spacial score (nSPS) is 35.5. The van der Waals surface area contributed by atoms with E-state index in [9.17, 15) is 0 Å². The van der Waals surface area contributed by atoms with Crippen LogP contribution in [0.2, 0.25) is 0 Å². The van der Waals surface area contributed by atoms with Gasteiger partial charge in [-0.3, -0.25) is 4.98 Å². The van der Waals surface area contributed by atoms with Crippen LogP contribution in [0.15, 0.2) is 30.3 Å². The van der Waals surface area contributed by atoms with E-state index in [-0.39, 0.29) is 0 Å². The van der Waals surface area contributed by atoms with Crippen molar-refractivity contribution in [2.75, 3.05) is 13.6 Å². The second-order valence-corrected chi connectivity index (χ2v) is 8.29. The largest absolute Gasteiger partial charge is 0.303 e. The van der Waals surface area contributed by atoms with Gasteiger partial charge in [-0.15, -0.1) is 0 Å². The molecule has 2 aromatic rings. The first-order chi connectivity index (χ1) is 11.8. The Kier molecular flexibility index (Phi) is 3.45. The van der Waals surface area contributed by atoms with Crippen molar-refractivity contribution < 1.29 is 0 Å². The maximum atomic E-state index is 5.21. The summed E-state index contributed by atoms with van der Waals surface area (Å²) in [7, 11) is 2.36. The number of rotatable bonds is 1. The molecule has 5 rings (SSSR count). The summed E-state index contributed by atoms with van der Waals surface area (Å²) in [6.07, 6.45) is 6.78. The molecule has 5 atom stereocenters. The molecule has 2 heteroatoms. The van der Waals surface area contributed by atoms with Crippen molar-refractivity contribution in [2.24, 2.45) is 11.8 Å². The van der Waals surface area contributed by atoms with Crippen LogP contribution in [-0.2, 0) is 0 Å². The summed E-state index contributed by atoms with van der Waals surface area (Å²) in [4.78, 5) is 7.88. The van der Waals surface area contributed by atoms with Gasteiger partial charge in [-0.1, -0.05) is 31.5 Å². The van der Waals surface area contributed by atoms with Gasteiger partial charge >= 0.3 is 0 Å². The Morgan fingerprint density at radius 2 is 2.04 bits per heavy atom. The quantitative estimate of drug-likeness (QED) is 0.739. The zero-order valence-electron chi connectivity index (χ0n) is 14.9. The molecule has 0 spiro atoms. The van der Waals surface area contributed by atoms with Crippen molar-refractivity contribution in [2.45, 2.75) is 56.9 Å². The predicted octanol–water partition coefficient (Wildman–Crippen LogP) is 4.95. The third kappa shape index (κ3) is 2.02. The van der Waals surface area contributed by atoms with Crippen LogP contribution in [0.25, 0.3) is 10.9 Å². The van der Waals surface area contributed by atoms with Crippen LogP contribution in [0.1, 0.15) is 62.1 Å². The highest BCUT2D eigenvalue weighted by Gasteiger charge is 2.50. The number of fused-ring (bicyclic) bond motifs is 3. The Labute approximate surface area is 145 Å². The first kappa shape index (κ1) is 14.9. The highest BCUT2D eigenvalue weighted by Crippen LogP contribution is 2.56. The Balaban J connectivity index is 1.72. The van der Waals surface area contributed by atoms with Gasteiger partial charge in [0.2, 0.25) is 0 Å². The fraction of sp³-hybridized carbons (Fsp3) is 0.591. The van der Waals surface area contributed by atoms with Crippen molar-refractivity contribution in [3.8, 4) is 0 Å². The summed E-state index contributed by atoms with van der Waals surface area (Å²) in [5, 5.41) is 1.33. The topological polar surface area (TPSA) is 16.1 Å². The first-order valence-corrected chi connectivity index (χ1v) is 9.87. The zero-order chi connectivity index (χ0) is 16.3. The molecule has 2 aliphatic carbocycles. The minimum absolute atomic E-state index is 0.667. The molecular weight excluding hydrogens is 292 g/mol. The number of likely N-dealkylation sites (tertiary alicyclic amines) is 1. The number of hydrogen-bond donors (Lipinski definition) is 0. The van der Waals surface area contributed by atoms with Crippen molar-refractivity contribution in [3.05, 3.63) is 41.6 Å². The lowest BCUT2D eigenvalue weighted by Gasteiger charge is -2.55. The lowest BCUT2D eigenvalue weighted by molar-refractivity contribution is 0.00557. The van der Waals surface area contributed by atoms with Crippen LogP contribution in [0.5, 0.6) is 0 Å². The second-order valence-electron chi connectivity index (χ2n) is 8.29. The molecule has 2 fully saturated rings. The number of aromatic nitrogens is 1. The van der Waals surface area contributed by atoms with E-state index >= 15 is 0 Å². The molecule has 0 unspecified atom stereocenters. The molecular formula is C22H28N2. The maximum absolute atomic E-state index is 5.21. The fourth-order valence-corrected chi connectivity index (χ4v) is 6.29.